The van der Waals surface area contributed by atoms with Crippen LogP contribution in [0.3, 0.4) is 0 Å². The normalized spacial score (nSPS) is 22.2. The van der Waals surface area contributed by atoms with Gasteiger partial charge in [0.2, 0.25) is 5.43 Å². The number of rotatable bonds is 2. The van der Waals surface area contributed by atoms with Crippen molar-refractivity contribution >= 4 is 34.3 Å². The van der Waals surface area contributed by atoms with Gasteiger partial charge in [0.05, 0.1) is 40.7 Å². The molecule has 2 fully saturated rings. The minimum atomic E-state index is -1.27. The van der Waals surface area contributed by atoms with Gasteiger partial charge in [-0.1, -0.05) is 0 Å². The summed E-state index contributed by atoms with van der Waals surface area (Å²) in [5, 5.41) is 9.54. The van der Waals surface area contributed by atoms with Crippen molar-refractivity contribution in [3.05, 3.63) is 33.9 Å². The summed E-state index contributed by atoms with van der Waals surface area (Å²) >= 11 is 1.53. The average Bonchev–Trinajstić information content (AvgIpc) is 3.47. The van der Waals surface area contributed by atoms with Gasteiger partial charge in [-0.15, -0.1) is 11.8 Å². The molecule has 5 rings (SSSR count). The Balaban J connectivity index is 1.84. The van der Waals surface area contributed by atoms with E-state index in [-0.39, 0.29) is 23.0 Å². The number of fused-ring (bicyclic) bond motifs is 5. The van der Waals surface area contributed by atoms with E-state index in [0.717, 1.165) is 23.5 Å². The zero-order valence-electron chi connectivity index (χ0n) is 13.9. The van der Waals surface area contributed by atoms with Crippen molar-refractivity contribution in [2.75, 3.05) is 30.4 Å². The number of anilines is 1. The third-order valence-electron chi connectivity index (χ3n) is 5.30. The monoisotopic (exact) mass is 376 g/mol. The quantitative estimate of drug-likeness (QED) is 0.868. The van der Waals surface area contributed by atoms with E-state index in [2.05, 4.69) is 0 Å². The standard InChI is InChI=1S/C18H17FN2O4S/c19-13-5-11-14(17-15(13)20-3-4-25-7-10(20)8-26-17)21(9-1-2-9)6-12(16(11)22)18(23)24/h5-6,9-10H,1-4,7-8H2,(H,23,24)/t10-/m0/s1. The fourth-order valence-electron chi connectivity index (χ4n) is 3.91. The summed E-state index contributed by atoms with van der Waals surface area (Å²) < 4.78 is 22.4. The second kappa shape index (κ2) is 5.72. The molecular formula is C18H17FN2O4S. The molecule has 1 saturated carbocycles. The molecule has 26 heavy (non-hydrogen) atoms. The fraction of sp³-hybridized carbons (Fsp3) is 0.444. The van der Waals surface area contributed by atoms with Gasteiger partial charge < -0.3 is 19.3 Å². The summed E-state index contributed by atoms with van der Waals surface area (Å²) in [5.74, 6) is -0.982. The van der Waals surface area contributed by atoms with Crippen molar-refractivity contribution in [1.29, 1.82) is 0 Å². The molecule has 2 aliphatic heterocycles. The summed E-state index contributed by atoms with van der Waals surface area (Å²) in [6.45, 7) is 1.73. The van der Waals surface area contributed by atoms with Crippen molar-refractivity contribution in [1.82, 2.24) is 4.57 Å². The predicted octanol–water partition coefficient (Wildman–Crippen LogP) is 2.48. The van der Waals surface area contributed by atoms with Crippen LogP contribution in [0.5, 0.6) is 0 Å². The Kier molecular flexibility index (Phi) is 3.55. The van der Waals surface area contributed by atoms with E-state index in [1.165, 1.54) is 24.0 Å². The summed E-state index contributed by atoms with van der Waals surface area (Å²) in [7, 11) is 0. The summed E-state index contributed by atoms with van der Waals surface area (Å²) in [5.41, 5.74) is 0.289. The van der Waals surface area contributed by atoms with Crippen LogP contribution >= 0.6 is 11.8 Å². The number of morpholine rings is 1. The van der Waals surface area contributed by atoms with Gasteiger partial charge >= 0.3 is 5.97 Å². The van der Waals surface area contributed by atoms with E-state index in [1.807, 2.05) is 9.47 Å². The summed E-state index contributed by atoms with van der Waals surface area (Å²) in [4.78, 5) is 27.0. The molecule has 0 bridgehead atoms. The summed E-state index contributed by atoms with van der Waals surface area (Å²) in [6, 6.07) is 1.52. The highest BCUT2D eigenvalue weighted by Gasteiger charge is 2.36. The van der Waals surface area contributed by atoms with Gasteiger partial charge in [-0.3, -0.25) is 4.79 Å². The highest BCUT2D eigenvalue weighted by Crippen LogP contribution is 2.46. The number of aromatic carboxylic acids is 1. The number of nitrogens with zero attached hydrogens (tertiary/aromatic N) is 2. The number of thioether (sulfide) groups is 1. The molecule has 1 aromatic heterocycles. The van der Waals surface area contributed by atoms with E-state index >= 15 is 4.39 Å². The number of hydrogen-bond acceptors (Lipinski definition) is 5. The topological polar surface area (TPSA) is 71.8 Å². The molecule has 3 heterocycles. The lowest BCUT2D eigenvalue weighted by Gasteiger charge is -2.42. The first kappa shape index (κ1) is 16.1. The third kappa shape index (κ3) is 2.28. The third-order valence-corrected chi connectivity index (χ3v) is 6.53. The zero-order valence-corrected chi connectivity index (χ0v) is 14.7. The molecule has 0 amide bonds. The maximum atomic E-state index is 15.0. The molecule has 2 aromatic rings. The predicted molar refractivity (Wildman–Crippen MR) is 96.1 cm³/mol. The number of carbonyl (C=O) groups is 1. The van der Waals surface area contributed by atoms with Crippen molar-refractivity contribution in [2.45, 2.75) is 29.8 Å². The van der Waals surface area contributed by atoms with Crippen LogP contribution in [0.15, 0.2) is 22.0 Å². The first-order chi connectivity index (χ1) is 12.6. The highest BCUT2D eigenvalue weighted by atomic mass is 32.2. The molecule has 0 radical (unpaired) electrons. The van der Waals surface area contributed by atoms with Crippen LogP contribution in [0.4, 0.5) is 10.1 Å². The average molecular weight is 376 g/mol. The van der Waals surface area contributed by atoms with Crippen LogP contribution in [0.1, 0.15) is 29.2 Å². The highest BCUT2D eigenvalue weighted by molar-refractivity contribution is 7.99. The largest absolute Gasteiger partial charge is 0.477 e. The molecule has 136 valence electrons. The molecule has 1 aliphatic carbocycles. The Hall–Kier alpha value is -2.06. The van der Waals surface area contributed by atoms with Gasteiger partial charge in [0.1, 0.15) is 11.4 Å². The number of aromatic nitrogens is 1. The van der Waals surface area contributed by atoms with Crippen LogP contribution in [0.25, 0.3) is 10.9 Å². The Morgan fingerprint density at radius 1 is 1.35 bits per heavy atom. The Morgan fingerprint density at radius 3 is 2.88 bits per heavy atom. The number of ether oxygens (including phenoxy) is 1. The lowest BCUT2D eigenvalue weighted by Crippen LogP contribution is -2.49. The Labute approximate surface area is 152 Å². The van der Waals surface area contributed by atoms with Crippen LogP contribution in [0, 0.1) is 5.82 Å². The van der Waals surface area contributed by atoms with Crippen LogP contribution in [-0.4, -0.2) is 47.2 Å². The van der Waals surface area contributed by atoms with Gasteiger partial charge in [-0.2, -0.15) is 0 Å². The van der Waals surface area contributed by atoms with Gasteiger partial charge in [-0.25, -0.2) is 9.18 Å². The first-order valence-electron chi connectivity index (χ1n) is 8.68. The van der Waals surface area contributed by atoms with Gasteiger partial charge in [0.15, 0.2) is 0 Å². The molecule has 3 aliphatic rings. The number of halogens is 1. The zero-order chi connectivity index (χ0) is 18.0. The van der Waals surface area contributed by atoms with Crippen LogP contribution in [0.2, 0.25) is 0 Å². The Morgan fingerprint density at radius 2 is 2.15 bits per heavy atom. The van der Waals surface area contributed by atoms with Crippen molar-refractivity contribution in [3.8, 4) is 0 Å². The van der Waals surface area contributed by atoms with E-state index in [9.17, 15) is 14.7 Å². The minimum absolute atomic E-state index is 0.118. The van der Waals surface area contributed by atoms with Crippen molar-refractivity contribution < 1.29 is 19.0 Å². The maximum absolute atomic E-state index is 15.0. The molecule has 0 unspecified atom stereocenters. The lowest BCUT2D eigenvalue weighted by molar-refractivity contribution is 0.0695. The number of carboxylic acid groups (broad SMARTS) is 1. The number of hydrogen-bond donors (Lipinski definition) is 1. The Bertz CT molecular complexity index is 1000. The van der Waals surface area contributed by atoms with E-state index in [4.69, 9.17) is 4.74 Å². The number of carboxylic acids is 1. The van der Waals surface area contributed by atoms with Crippen molar-refractivity contribution in [3.63, 3.8) is 0 Å². The molecule has 1 aromatic carbocycles. The SMILES string of the molecule is O=C(O)c1cn(C2CC2)c2c3c(c(F)cc2c1=O)N1CCOC[C@H]1CS3. The first-order valence-corrected chi connectivity index (χ1v) is 9.66. The molecule has 1 saturated heterocycles. The molecule has 6 nitrogen and oxygen atoms in total. The van der Waals surface area contributed by atoms with Gasteiger partial charge in [0.25, 0.3) is 0 Å². The van der Waals surface area contributed by atoms with Gasteiger partial charge in [0, 0.05) is 24.5 Å². The number of benzene rings is 1. The molecule has 1 atom stereocenters. The van der Waals surface area contributed by atoms with E-state index in [0.29, 0.717) is 31.0 Å². The summed E-state index contributed by atoms with van der Waals surface area (Å²) in [6.07, 6.45) is 3.32. The minimum Gasteiger partial charge on any atom is -0.477 e. The van der Waals surface area contributed by atoms with E-state index in [1.54, 1.807) is 0 Å². The van der Waals surface area contributed by atoms with Crippen LogP contribution < -0.4 is 10.3 Å². The second-order valence-corrected chi connectivity index (χ2v) is 8.01. The fourth-order valence-corrected chi connectivity index (χ4v) is 5.25. The van der Waals surface area contributed by atoms with Crippen molar-refractivity contribution in [2.24, 2.45) is 0 Å². The molecule has 1 N–H and O–H groups in total. The second-order valence-electron chi connectivity index (χ2n) is 6.98. The molecule has 8 heteroatoms. The lowest BCUT2D eigenvalue weighted by atomic mass is 10.1. The van der Waals surface area contributed by atoms with Crippen LogP contribution in [-0.2, 0) is 4.74 Å². The number of pyridine rings is 1. The molecular weight excluding hydrogens is 359 g/mol. The smallest absolute Gasteiger partial charge is 0.341 e. The van der Waals surface area contributed by atoms with E-state index < -0.39 is 17.2 Å². The maximum Gasteiger partial charge on any atom is 0.341 e. The molecule has 0 spiro atoms. The van der Waals surface area contributed by atoms with Gasteiger partial charge in [-0.05, 0) is 18.9 Å².